The van der Waals surface area contributed by atoms with Crippen LogP contribution in [-0.2, 0) is 11.3 Å². The summed E-state index contributed by atoms with van der Waals surface area (Å²) in [7, 11) is 0. The predicted molar refractivity (Wildman–Crippen MR) is 58.9 cm³/mol. The van der Waals surface area contributed by atoms with Crippen LogP contribution in [0.1, 0.15) is 39.3 Å². The van der Waals surface area contributed by atoms with E-state index in [1.807, 2.05) is 24.6 Å². The van der Waals surface area contributed by atoms with Gasteiger partial charge in [0.1, 0.15) is 6.54 Å². The molecular formula is C11H17N3O. The van der Waals surface area contributed by atoms with Crippen molar-refractivity contribution >= 4 is 11.9 Å². The molecule has 0 unspecified atom stereocenters. The molecule has 0 saturated carbocycles. The highest BCUT2D eigenvalue weighted by Gasteiger charge is 2.32. The van der Waals surface area contributed by atoms with Gasteiger partial charge in [0.2, 0.25) is 11.9 Å². The van der Waals surface area contributed by atoms with Gasteiger partial charge in [-0.05, 0) is 19.8 Å². The van der Waals surface area contributed by atoms with Crippen molar-refractivity contribution in [1.82, 2.24) is 9.55 Å². The Morgan fingerprint density at radius 1 is 1.33 bits per heavy atom. The maximum atomic E-state index is 11.8. The van der Waals surface area contributed by atoms with E-state index < -0.39 is 0 Å². The lowest BCUT2D eigenvalue weighted by Crippen LogP contribution is -2.33. The fourth-order valence-corrected chi connectivity index (χ4v) is 2.04. The summed E-state index contributed by atoms with van der Waals surface area (Å²) >= 11 is 0. The van der Waals surface area contributed by atoms with Crippen LogP contribution in [0.3, 0.4) is 0 Å². The molecule has 0 radical (unpaired) electrons. The molecule has 0 aromatic carbocycles. The highest BCUT2D eigenvalue weighted by Crippen LogP contribution is 2.28. The number of carbonyl (C=O) groups excluding carboxylic acids is 1. The number of anilines is 1. The van der Waals surface area contributed by atoms with E-state index in [1.165, 1.54) is 0 Å². The van der Waals surface area contributed by atoms with Crippen LogP contribution in [0.2, 0.25) is 0 Å². The van der Waals surface area contributed by atoms with Gasteiger partial charge in [0.25, 0.3) is 0 Å². The van der Waals surface area contributed by atoms with Crippen LogP contribution in [0.25, 0.3) is 0 Å². The normalized spacial score (nSPS) is 15.6. The summed E-state index contributed by atoms with van der Waals surface area (Å²) < 4.78 is 2.02. The average Bonchev–Trinajstić information content (AvgIpc) is 2.59. The number of nitrogens with zero attached hydrogens (tertiary/aromatic N) is 3. The molecule has 1 aromatic heterocycles. The van der Waals surface area contributed by atoms with Crippen LogP contribution < -0.4 is 4.90 Å². The van der Waals surface area contributed by atoms with Gasteiger partial charge in [-0.15, -0.1) is 0 Å². The second-order valence-corrected chi connectivity index (χ2v) is 4.58. The second-order valence-electron chi connectivity index (χ2n) is 4.58. The third-order valence-corrected chi connectivity index (χ3v) is 2.75. The lowest BCUT2D eigenvalue weighted by atomic mass is 10.1. The molecule has 1 aliphatic heterocycles. The van der Waals surface area contributed by atoms with E-state index >= 15 is 0 Å². The molecule has 2 rings (SSSR count). The number of hydrogen-bond donors (Lipinski definition) is 0. The van der Waals surface area contributed by atoms with Crippen molar-refractivity contribution < 1.29 is 4.79 Å². The van der Waals surface area contributed by atoms with Crippen molar-refractivity contribution in [2.24, 2.45) is 0 Å². The predicted octanol–water partition coefficient (Wildman–Crippen LogP) is 1.76. The highest BCUT2D eigenvalue weighted by molar-refractivity contribution is 5.95. The Balaban J connectivity index is 2.44. The molecule has 1 amide bonds. The molecule has 15 heavy (non-hydrogen) atoms. The highest BCUT2D eigenvalue weighted by atomic mass is 16.2. The standard InChI is InChI=1S/C11H17N3O/c1-7(2)9-5-12-11-13(9)6-10(15)14(11)8(3)4/h5,7-8H,6H2,1-4H3. The summed E-state index contributed by atoms with van der Waals surface area (Å²) in [4.78, 5) is 17.9. The van der Waals surface area contributed by atoms with Gasteiger partial charge >= 0.3 is 0 Å². The zero-order valence-electron chi connectivity index (χ0n) is 9.69. The molecule has 0 N–H and O–H groups in total. The van der Waals surface area contributed by atoms with E-state index in [0.29, 0.717) is 12.5 Å². The lowest BCUT2D eigenvalue weighted by Gasteiger charge is -2.18. The number of aromatic nitrogens is 2. The summed E-state index contributed by atoms with van der Waals surface area (Å²) in [6, 6.07) is 0.182. The molecule has 4 nitrogen and oxygen atoms in total. The monoisotopic (exact) mass is 207 g/mol. The summed E-state index contributed by atoms with van der Waals surface area (Å²) in [5, 5.41) is 0. The molecule has 0 saturated heterocycles. The smallest absolute Gasteiger partial charge is 0.249 e. The minimum absolute atomic E-state index is 0.148. The zero-order chi connectivity index (χ0) is 11.2. The van der Waals surface area contributed by atoms with Gasteiger partial charge in [0.15, 0.2) is 0 Å². The van der Waals surface area contributed by atoms with Crippen LogP contribution in [0.5, 0.6) is 0 Å². The average molecular weight is 207 g/mol. The van der Waals surface area contributed by atoms with Crippen LogP contribution in [0.4, 0.5) is 5.95 Å². The van der Waals surface area contributed by atoms with Crippen LogP contribution in [0.15, 0.2) is 6.20 Å². The topological polar surface area (TPSA) is 38.1 Å². The molecule has 0 fully saturated rings. The fourth-order valence-electron chi connectivity index (χ4n) is 2.04. The van der Waals surface area contributed by atoms with Crippen LogP contribution >= 0.6 is 0 Å². The number of amides is 1. The minimum atomic E-state index is 0.148. The van der Waals surface area contributed by atoms with Crippen molar-refractivity contribution in [1.29, 1.82) is 0 Å². The van der Waals surface area contributed by atoms with Crippen molar-refractivity contribution in [3.8, 4) is 0 Å². The third kappa shape index (κ3) is 1.44. The van der Waals surface area contributed by atoms with Gasteiger partial charge in [-0.1, -0.05) is 13.8 Å². The van der Waals surface area contributed by atoms with E-state index in [9.17, 15) is 4.79 Å². The van der Waals surface area contributed by atoms with E-state index in [4.69, 9.17) is 0 Å². The Hall–Kier alpha value is -1.32. The Morgan fingerprint density at radius 3 is 2.53 bits per heavy atom. The summed E-state index contributed by atoms with van der Waals surface area (Å²) in [5.41, 5.74) is 1.14. The number of imidazole rings is 1. The van der Waals surface area contributed by atoms with Gasteiger partial charge in [0.05, 0.1) is 6.20 Å². The van der Waals surface area contributed by atoms with Crippen molar-refractivity contribution in [3.05, 3.63) is 11.9 Å². The van der Waals surface area contributed by atoms with E-state index in [-0.39, 0.29) is 11.9 Å². The van der Waals surface area contributed by atoms with Crippen LogP contribution in [-0.4, -0.2) is 21.5 Å². The minimum Gasteiger partial charge on any atom is -0.304 e. The van der Waals surface area contributed by atoms with Gasteiger partial charge in [-0.3, -0.25) is 9.69 Å². The molecule has 1 aliphatic rings. The molecule has 2 heterocycles. The van der Waals surface area contributed by atoms with Crippen molar-refractivity contribution in [2.75, 3.05) is 4.90 Å². The molecule has 1 aromatic rings. The van der Waals surface area contributed by atoms with Gasteiger partial charge in [-0.2, -0.15) is 0 Å². The quantitative estimate of drug-likeness (QED) is 0.741. The first-order chi connectivity index (χ1) is 7.02. The molecule has 82 valence electrons. The first-order valence-electron chi connectivity index (χ1n) is 5.40. The Kier molecular flexibility index (Phi) is 2.29. The van der Waals surface area contributed by atoms with E-state index in [0.717, 1.165) is 11.6 Å². The molecule has 0 bridgehead atoms. The number of carbonyl (C=O) groups is 1. The first-order valence-corrected chi connectivity index (χ1v) is 5.40. The van der Waals surface area contributed by atoms with Gasteiger partial charge in [-0.25, -0.2) is 4.98 Å². The van der Waals surface area contributed by atoms with E-state index in [2.05, 4.69) is 18.8 Å². The number of hydrogen-bond acceptors (Lipinski definition) is 2. The lowest BCUT2D eigenvalue weighted by molar-refractivity contribution is -0.118. The third-order valence-electron chi connectivity index (χ3n) is 2.75. The molecular weight excluding hydrogens is 190 g/mol. The summed E-state index contributed by atoms with van der Waals surface area (Å²) in [6.45, 7) is 8.70. The number of fused-ring (bicyclic) bond motifs is 1. The maximum Gasteiger partial charge on any atom is 0.249 e. The van der Waals surface area contributed by atoms with E-state index in [1.54, 1.807) is 4.90 Å². The van der Waals surface area contributed by atoms with Gasteiger partial charge in [0, 0.05) is 11.7 Å². The summed E-state index contributed by atoms with van der Waals surface area (Å²) in [6.07, 6.45) is 1.88. The molecule has 0 spiro atoms. The molecule has 0 atom stereocenters. The largest absolute Gasteiger partial charge is 0.304 e. The van der Waals surface area contributed by atoms with Gasteiger partial charge < -0.3 is 4.57 Å². The summed E-state index contributed by atoms with van der Waals surface area (Å²) in [5.74, 6) is 1.36. The zero-order valence-corrected chi connectivity index (χ0v) is 9.69. The van der Waals surface area contributed by atoms with Crippen LogP contribution in [0, 0.1) is 0 Å². The fraction of sp³-hybridized carbons (Fsp3) is 0.636. The van der Waals surface area contributed by atoms with Crippen molar-refractivity contribution in [3.63, 3.8) is 0 Å². The molecule has 0 aliphatic carbocycles. The number of rotatable bonds is 2. The first kappa shape index (κ1) is 10.2. The Bertz CT molecular complexity index is 393. The Labute approximate surface area is 89.9 Å². The maximum absolute atomic E-state index is 11.8. The Morgan fingerprint density at radius 2 is 2.00 bits per heavy atom. The SMILES string of the molecule is CC(C)c1cnc2n1CC(=O)N2C(C)C. The molecule has 4 heteroatoms. The van der Waals surface area contributed by atoms with Crippen molar-refractivity contribution in [2.45, 2.75) is 46.2 Å². The second kappa shape index (κ2) is 3.36.